The molecule has 0 radical (unpaired) electrons. The number of alkyl halides is 1. The van der Waals surface area contributed by atoms with Gasteiger partial charge in [-0.2, -0.15) is 0 Å². The number of halogens is 1. The third kappa shape index (κ3) is 13.5. The molecule has 19 heteroatoms. The second-order valence-corrected chi connectivity index (χ2v) is 20.1. The van der Waals surface area contributed by atoms with Gasteiger partial charge >= 0.3 is 5.97 Å². The van der Waals surface area contributed by atoms with Crippen LogP contribution in [0.4, 0.5) is 5.13 Å². The molecule has 1 fully saturated rings. The van der Waals surface area contributed by atoms with E-state index in [1.807, 2.05) is 115 Å². The number of anilines is 1. The highest BCUT2D eigenvalue weighted by Crippen LogP contribution is 2.43. The van der Waals surface area contributed by atoms with Crippen LogP contribution in [0.25, 0.3) is 0 Å². The highest BCUT2D eigenvalue weighted by atomic mass is 35.5. The molecule has 2 aliphatic heterocycles. The highest BCUT2D eigenvalue weighted by molar-refractivity contribution is 8.00. The number of nitrogens with one attached hydrogen (secondary N) is 2. The van der Waals surface area contributed by atoms with Gasteiger partial charge in [0, 0.05) is 31.2 Å². The van der Waals surface area contributed by atoms with Crippen LogP contribution >= 0.6 is 34.7 Å². The normalized spacial score (nSPS) is 15.3. The first kappa shape index (κ1) is 56.2. The summed E-state index contributed by atoms with van der Waals surface area (Å²) in [6.45, 7) is 1.13. The van der Waals surface area contributed by atoms with Crippen LogP contribution in [0.1, 0.15) is 45.2 Å². The molecule has 0 aliphatic carbocycles. The van der Waals surface area contributed by atoms with E-state index < -0.39 is 40.8 Å². The van der Waals surface area contributed by atoms with Crippen molar-refractivity contribution < 1.29 is 52.4 Å². The number of rotatable bonds is 28. The zero-order chi connectivity index (χ0) is 54.8. The average Bonchev–Trinajstić information content (AvgIpc) is 4.06. The van der Waals surface area contributed by atoms with Crippen molar-refractivity contribution in [3.63, 3.8) is 0 Å². The van der Waals surface area contributed by atoms with Crippen LogP contribution in [0, 0.1) is 0 Å². The number of carbonyl (C=O) groups excluding carboxylic acids is 3. The first-order valence-corrected chi connectivity index (χ1v) is 27.8. The van der Waals surface area contributed by atoms with Crippen molar-refractivity contribution in [2.75, 3.05) is 71.2 Å². The molecule has 79 heavy (non-hydrogen) atoms. The van der Waals surface area contributed by atoms with Gasteiger partial charge in [0.1, 0.15) is 35.0 Å². The van der Waals surface area contributed by atoms with Crippen molar-refractivity contribution in [2.24, 2.45) is 5.16 Å². The molecule has 0 saturated carbocycles. The van der Waals surface area contributed by atoms with E-state index in [0.29, 0.717) is 59.9 Å². The second kappa shape index (κ2) is 27.9. The van der Waals surface area contributed by atoms with E-state index >= 15 is 0 Å². The lowest BCUT2D eigenvalue weighted by atomic mass is 9.77. The Kier molecular flexibility index (Phi) is 19.8. The number of hydrogen-bond donors (Lipinski definition) is 2. The Morgan fingerprint density at radius 2 is 1.28 bits per heavy atom. The third-order valence-electron chi connectivity index (χ3n) is 12.8. The Hall–Kier alpha value is -7.55. The quantitative estimate of drug-likeness (QED) is 0.00693. The fraction of sp³-hybridized carbons (Fsp3) is 0.250. The number of aromatic nitrogens is 1. The van der Waals surface area contributed by atoms with Crippen molar-refractivity contribution >= 4 is 63.3 Å². The summed E-state index contributed by atoms with van der Waals surface area (Å²) in [6.07, 6.45) is -0.773. The summed E-state index contributed by atoms with van der Waals surface area (Å²) in [5.41, 5.74) is 4.55. The first-order valence-electron chi connectivity index (χ1n) is 25.3. The standard InChI is InChI=1S/C60H58ClN5O11S2/c1-70-30-32-72-39-74-49-29-28-41(34-50(49)75-40-73-33-31-71-2)36-76-65-51(48-38-79-59(62-48)64-60(45-22-12-5-13-23-45,46-24-14-6-15-25-46)47-26-16-7-17-27-47)55(67)63-52-56(68)66-53(44(35-61)37-78-57(52)66)58(69)77-54(42-18-8-3-9-19-42)43-20-10-4-11-21-43/h3-29,34,38,52,54,57H,30-33,35-37,39-40H2,1-2H3,(H,62,64)(H,63,67)/b65-51+/t52?,57-/m1/s1. The van der Waals surface area contributed by atoms with Gasteiger partial charge in [0.2, 0.25) is 0 Å². The Bertz CT molecular complexity index is 3040. The number of carbonyl (C=O) groups is 3. The van der Waals surface area contributed by atoms with Crippen LogP contribution in [0.15, 0.2) is 192 Å². The maximum atomic E-state index is 14.9. The molecule has 408 valence electrons. The van der Waals surface area contributed by atoms with Crippen LogP contribution in [0.5, 0.6) is 11.5 Å². The zero-order valence-corrected chi connectivity index (χ0v) is 45.8. The zero-order valence-electron chi connectivity index (χ0n) is 43.4. The number of benzene rings is 6. The minimum Gasteiger partial charge on any atom is -0.464 e. The summed E-state index contributed by atoms with van der Waals surface area (Å²) in [7, 11) is 3.16. The number of ether oxygens (including phenoxy) is 7. The number of thioether (sulfide) groups is 1. The molecular formula is C60H58ClN5O11S2. The minimum atomic E-state index is -1.07. The van der Waals surface area contributed by atoms with Crippen molar-refractivity contribution in [1.82, 2.24) is 15.2 Å². The number of esters is 1. The van der Waals surface area contributed by atoms with Crippen LogP contribution < -0.4 is 20.1 Å². The molecule has 2 atom stereocenters. The van der Waals surface area contributed by atoms with Crippen LogP contribution in [0.2, 0.25) is 0 Å². The lowest BCUT2D eigenvalue weighted by Crippen LogP contribution is -2.71. The fourth-order valence-corrected chi connectivity index (χ4v) is 11.4. The predicted molar refractivity (Wildman–Crippen MR) is 303 cm³/mol. The number of β-lactam (4-membered cyclic amide) rings is 1. The molecule has 2 aliphatic rings. The molecule has 0 bridgehead atoms. The topological polar surface area (TPSA) is 178 Å². The molecule has 16 nitrogen and oxygen atoms in total. The minimum absolute atomic E-state index is 0.0183. The van der Waals surface area contributed by atoms with E-state index in [1.165, 1.54) is 28.0 Å². The SMILES string of the molecule is COCCOCOc1ccc(CO/N=C(/C(=O)NC2C(=O)N3C(C(=O)OC(c4ccccc4)c4ccccc4)=C(CCl)CS[C@H]23)c2csc(NC(c3ccccc3)(c3ccccc3)c3ccccc3)n2)cc1OCOCCOC. The van der Waals surface area contributed by atoms with Gasteiger partial charge in [0.25, 0.3) is 11.8 Å². The summed E-state index contributed by atoms with van der Waals surface area (Å²) < 4.78 is 39.3. The summed E-state index contributed by atoms with van der Waals surface area (Å²) in [6, 6.07) is 53.0. The molecule has 3 heterocycles. The number of methoxy groups -OCH3 is 2. The van der Waals surface area contributed by atoms with E-state index in [1.54, 1.807) is 37.8 Å². The van der Waals surface area contributed by atoms with E-state index in [4.69, 9.17) is 54.6 Å². The molecule has 2 amide bonds. The maximum absolute atomic E-state index is 14.9. The Labute approximate surface area is 471 Å². The fourth-order valence-electron chi connectivity index (χ4n) is 8.98. The molecule has 1 unspecified atom stereocenters. The van der Waals surface area contributed by atoms with Gasteiger partial charge in [-0.05, 0) is 51.1 Å². The molecule has 2 N–H and O–H groups in total. The van der Waals surface area contributed by atoms with Crippen molar-refractivity contribution in [3.05, 3.63) is 226 Å². The highest BCUT2D eigenvalue weighted by Gasteiger charge is 2.55. The molecule has 1 saturated heterocycles. The average molecular weight is 1120 g/mol. The largest absolute Gasteiger partial charge is 0.464 e. The summed E-state index contributed by atoms with van der Waals surface area (Å²) in [5, 5.41) is 12.6. The van der Waals surface area contributed by atoms with E-state index in [9.17, 15) is 14.4 Å². The van der Waals surface area contributed by atoms with Gasteiger partial charge in [-0.3, -0.25) is 14.5 Å². The number of thiazole rings is 1. The second-order valence-electron chi connectivity index (χ2n) is 17.9. The first-order chi connectivity index (χ1) is 38.8. The molecule has 0 spiro atoms. The summed E-state index contributed by atoms with van der Waals surface area (Å²) >= 11 is 9.12. The molecule has 7 aromatic rings. The summed E-state index contributed by atoms with van der Waals surface area (Å²) in [4.78, 5) is 56.1. The smallest absolute Gasteiger partial charge is 0.356 e. The number of fused-ring (bicyclic) bond motifs is 1. The Morgan fingerprint density at radius 3 is 1.82 bits per heavy atom. The monoisotopic (exact) mass is 1120 g/mol. The molecular weight excluding hydrogens is 1070 g/mol. The van der Waals surface area contributed by atoms with Gasteiger partial charge in [-0.1, -0.05) is 163 Å². The van der Waals surface area contributed by atoms with Gasteiger partial charge in [0.05, 0.1) is 26.4 Å². The molecule has 9 rings (SSSR count). The number of nitrogens with zero attached hydrogens (tertiary/aromatic N) is 3. The number of hydrogen-bond acceptors (Lipinski definition) is 16. The Balaban J connectivity index is 1.01. The van der Waals surface area contributed by atoms with Crippen molar-refractivity contribution in [3.8, 4) is 11.5 Å². The van der Waals surface area contributed by atoms with E-state index in [2.05, 4.69) is 52.2 Å². The van der Waals surface area contributed by atoms with E-state index in [0.717, 1.165) is 27.8 Å². The van der Waals surface area contributed by atoms with Crippen LogP contribution in [0.3, 0.4) is 0 Å². The lowest BCUT2D eigenvalue weighted by molar-refractivity contribution is -0.154. The van der Waals surface area contributed by atoms with Gasteiger partial charge in [0.15, 0.2) is 42.0 Å². The number of oxime groups is 1. The summed E-state index contributed by atoms with van der Waals surface area (Å²) in [5.74, 6) is -0.965. The maximum Gasteiger partial charge on any atom is 0.356 e. The van der Waals surface area contributed by atoms with Crippen molar-refractivity contribution in [2.45, 2.75) is 29.7 Å². The predicted octanol–water partition coefficient (Wildman–Crippen LogP) is 9.69. The van der Waals surface area contributed by atoms with Gasteiger partial charge in [-0.15, -0.1) is 34.7 Å². The van der Waals surface area contributed by atoms with E-state index in [-0.39, 0.29) is 43.2 Å². The van der Waals surface area contributed by atoms with Crippen LogP contribution in [-0.2, 0) is 55.1 Å². The van der Waals surface area contributed by atoms with Gasteiger partial charge < -0.3 is 48.6 Å². The van der Waals surface area contributed by atoms with Crippen molar-refractivity contribution in [1.29, 1.82) is 0 Å². The molecule has 6 aromatic carbocycles. The lowest BCUT2D eigenvalue weighted by Gasteiger charge is -2.49. The molecule has 1 aromatic heterocycles. The van der Waals surface area contributed by atoms with Crippen LogP contribution in [-0.4, -0.2) is 111 Å². The van der Waals surface area contributed by atoms with Gasteiger partial charge in [-0.25, -0.2) is 9.78 Å². The Morgan fingerprint density at radius 1 is 0.734 bits per heavy atom. The third-order valence-corrected chi connectivity index (χ3v) is 15.3. The number of amides is 2.